The van der Waals surface area contributed by atoms with Gasteiger partial charge in [-0.05, 0) is 44.9 Å². The molecule has 2 aliphatic rings. The molecule has 1 fully saturated rings. The summed E-state index contributed by atoms with van der Waals surface area (Å²) < 4.78 is 17.0. The molecule has 1 amide bonds. The lowest BCUT2D eigenvalue weighted by atomic mass is 10.0. The van der Waals surface area contributed by atoms with Crippen LogP contribution in [0.4, 0.5) is 0 Å². The van der Waals surface area contributed by atoms with Crippen LogP contribution >= 0.6 is 0 Å². The Labute approximate surface area is 153 Å². The Balaban J connectivity index is 1.80. The number of hydrogen-bond donors (Lipinski definition) is 1. The van der Waals surface area contributed by atoms with E-state index in [1.807, 2.05) is 32.0 Å². The summed E-state index contributed by atoms with van der Waals surface area (Å²) in [7, 11) is 0. The number of rotatable bonds is 6. The fourth-order valence-electron chi connectivity index (χ4n) is 3.26. The van der Waals surface area contributed by atoms with E-state index in [1.165, 1.54) is 0 Å². The number of ether oxygens (including phenoxy) is 3. The van der Waals surface area contributed by atoms with Gasteiger partial charge in [0, 0.05) is 30.7 Å². The molecule has 0 unspecified atom stereocenters. The SMILES string of the molecule is CCOc1cc2c(cc1/C=C(\C#N)C(=O)NC[C@@H]1CCCO1)O[C@H](C)C2. The average Bonchev–Trinajstić information content (AvgIpc) is 3.26. The Morgan fingerprint density at radius 3 is 3.04 bits per heavy atom. The van der Waals surface area contributed by atoms with E-state index < -0.39 is 5.91 Å². The van der Waals surface area contributed by atoms with Crippen LogP contribution in [0.5, 0.6) is 11.5 Å². The summed E-state index contributed by atoms with van der Waals surface area (Å²) in [5, 5.41) is 12.2. The molecular formula is C20H24N2O4. The first-order valence-corrected chi connectivity index (χ1v) is 9.08. The molecule has 26 heavy (non-hydrogen) atoms. The fourth-order valence-corrected chi connectivity index (χ4v) is 3.26. The maximum atomic E-state index is 12.4. The average molecular weight is 356 g/mol. The summed E-state index contributed by atoms with van der Waals surface area (Å²) in [6.45, 7) is 5.56. The lowest BCUT2D eigenvalue weighted by Gasteiger charge is -2.12. The molecule has 6 nitrogen and oxygen atoms in total. The second kappa shape index (κ2) is 8.24. The molecule has 2 atom stereocenters. The van der Waals surface area contributed by atoms with Gasteiger partial charge in [0.25, 0.3) is 5.91 Å². The summed E-state index contributed by atoms with van der Waals surface area (Å²) in [6.07, 6.45) is 4.47. The highest BCUT2D eigenvalue weighted by Gasteiger charge is 2.22. The van der Waals surface area contributed by atoms with Crippen molar-refractivity contribution in [2.75, 3.05) is 19.8 Å². The minimum Gasteiger partial charge on any atom is -0.493 e. The summed E-state index contributed by atoms with van der Waals surface area (Å²) >= 11 is 0. The first-order valence-electron chi connectivity index (χ1n) is 9.08. The van der Waals surface area contributed by atoms with E-state index >= 15 is 0 Å². The van der Waals surface area contributed by atoms with Gasteiger partial charge in [0.05, 0.1) is 12.7 Å². The van der Waals surface area contributed by atoms with Crippen LogP contribution in [-0.4, -0.2) is 37.9 Å². The molecule has 3 rings (SSSR count). The van der Waals surface area contributed by atoms with Gasteiger partial charge in [0.2, 0.25) is 0 Å². The molecular weight excluding hydrogens is 332 g/mol. The Morgan fingerprint density at radius 1 is 1.50 bits per heavy atom. The van der Waals surface area contributed by atoms with Crippen molar-refractivity contribution in [1.29, 1.82) is 5.26 Å². The van der Waals surface area contributed by atoms with Gasteiger partial charge in [-0.1, -0.05) is 0 Å². The molecule has 2 heterocycles. The van der Waals surface area contributed by atoms with Gasteiger partial charge in [-0.2, -0.15) is 5.26 Å². The zero-order chi connectivity index (χ0) is 18.5. The smallest absolute Gasteiger partial charge is 0.262 e. The molecule has 0 bridgehead atoms. The molecule has 1 N–H and O–H groups in total. The lowest BCUT2D eigenvalue weighted by molar-refractivity contribution is -0.117. The number of nitrogens with one attached hydrogen (secondary N) is 1. The Kier molecular flexibility index (Phi) is 5.79. The van der Waals surface area contributed by atoms with Gasteiger partial charge in [0.1, 0.15) is 29.2 Å². The van der Waals surface area contributed by atoms with E-state index in [0.29, 0.717) is 24.5 Å². The molecule has 6 heteroatoms. The Bertz CT molecular complexity index is 745. The normalized spacial score (nSPS) is 21.7. The van der Waals surface area contributed by atoms with Gasteiger partial charge >= 0.3 is 0 Å². The van der Waals surface area contributed by atoms with Gasteiger partial charge in [-0.25, -0.2) is 0 Å². The zero-order valence-electron chi connectivity index (χ0n) is 15.2. The highest BCUT2D eigenvalue weighted by atomic mass is 16.5. The van der Waals surface area contributed by atoms with Crippen LogP contribution in [0.15, 0.2) is 17.7 Å². The number of nitriles is 1. The van der Waals surface area contributed by atoms with Crippen LogP contribution in [0.1, 0.15) is 37.8 Å². The Hall–Kier alpha value is -2.52. The third-order valence-corrected chi connectivity index (χ3v) is 4.51. The highest BCUT2D eigenvalue weighted by Crippen LogP contribution is 2.36. The van der Waals surface area contributed by atoms with Crippen LogP contribution in [0.3, 0.4) is 0 Å². The maximum Gasteiger partial charge on any atom is 0.262 e. The molecule has 1 aromatic rings. The standard InChI is InChI=1S/C20H24N2O4/c1-3-24-18-9-14-7-13(2)26-19(14)10-15(18)8-16(11-21)20(23)22-12-17-5-4-6-25-17/h8-10,13,17H,3-7,12H2,1-2H3,(H,22,23)/b16-8+/t13-,17+/m1/s1. The minimum atomic E-state index is -0.403. The molecule has 138 valence electrons. The van der Waals surface area contributed by atoms with Gasteiger partial charge in [-0.15, -0.1) is 0 Å². The third-order valence-electron chi connectivity index (χ3n) is 4.51. The number of nitrogens with zero attached hydrogens (tertiary/aromatic N) is 1. The summed E-state index contributed by atoms with van der Waals surface area (Å²) in [5.74, 6) is 1.04. The van der Waals surface area contributed by atoms with Crippen molar-refractivity contribution >= 4 is 12.0 Å². The third kappa shape index (κ3) is 4.17. The Morgan fingerprint density at radius 2 is 2.35 bits per heavy atom. The molecule has 1 saturated heterocycles. The van der Waals surface area contributed by atoms with Crippen LogP contribution in [0, 0.1) is 11.3 Å². The number of fused-ring (bicyclic) bond motifs is 1. The van der Waals surface area contributed by atoms with E-state index in [0.717, 1.165) is 37.2 Å². The van der Waals surface area contributed by atoms with Gasteiger partial charge < -0.3 is 19.5 Å². The van der Waals surface area contributed by atoms with Crippen LogP contribution in [-0.2, 0) is 16.0 Å². The second-order valence-electron chi connectivity index (χ2n) is 6.58. The molecule has 1 aromatic carbocycles. The van der Waals surface area contributed by atoms with E-state index in [2.05, 4.69) is 5.32 Å². The molecule has 0 spiro atoms. The summed E-state index contributed by atoms with van der Waals surface area (Å²) in [4.78, 5) is 12.4. The zero-order valence-corrected chi connectivity index (χ0v) is 15.2. The van der Waals surface area contributed by atoms with Crippen LogP contribution < -0.4 is 14.8 Å². The number of carbonyl (C=O) groups is 1. The van der Waals surface area contributed by atoms with Gasteiger partial charge in [-0.3, -0.25) is 4.79 Å². The summed E-state index contributed by atoms with van der Waals surface area (Å²) in [6, 6.07) is 5.76. The predicted molar refractivity (Wildman–Crippen MR) is 97.0 cm³/mol. The molecule has 0 aliphatic carbocycles. The second-order valence-corrected chi connectivity index (χ2v) is 6.58. The van der Waals surface area contributed by atoms with Crippen molar-refractivity contribution in [3.63, 3.8) is 0 Å². The van der Waals surface area contributed by atoms with Crippen molar-refractivity contribution < 1.29 is 19.0 Å². The van der Waals surface area contributed by atoms with E-state index in [9.17, 15) is 10.1 Å². The lowest BCUT2D eigenvalue weighted by Crippen LogP contribution is -2.32. The van der Waals surface area contributed by atoms with E-state index in [4.69, 9.17) is 14.2 Å². The topological polar surface area (TPSA) is 80.6 Å². The highest BCUT2D eigenvalue weighted by molar-refractivity contribution is 6.02. The largest absolute Gasteiger partial charge is 0.493 e. The van der Waals surface area contributed by atoms with Crippen molar-refractivity contribution in [3.8, 4) is 17.6 Å². The van der Waals surface area contributed by atoms with E-state index in [-0.39, 0.29) is 17.8 Å². The maximum absolute atomic E-state index is 12.4. The number of benzene rings is 1. The molecule has 0 radical (unpaired) electrons. The van der Waals surface area contributed by atoms with Gasteiger partial charge in [0.15, 0.2) is 0 Å². The quantitative estimate of drug-likeness (QED) is 0.626. The first kappa shape index (κ1) is 18.3. The minimum absolute atomic E-state index is 0.0350. The number of hydrogen-bond acceptors (Lipinski definition) is 5. The van der Waals surface area contributed by atoms with Crippen molar-refractivity contribution in [3.05, 3.63) is 28.8 Å². The number of amides is 1. The fraction of sp³-hybridized carbons (Fsp3) is 0.500. The number of carbonyl (C=O) groups excluding carboxylic acids is 1. The predicted octanol–water partition coefficient (Wildman–Crippen LogP) is 2.61. The van der Waals surface area contributed by atoms with Crippen LogP contribution in [0.2, 0.25) is 0 Å². The van der Waals surface area contributed by atoms with Crippen molar-refractivity contribution in [2.45, 2.75) is 45.3 Å². The molecule has 0 aromatic heterocycles. The molecule has 0 saturated carbocycles. The molecule has 2 aliphatic heterocycles. The monoisotopic (exact) mass is 356 g/mol. The van der Waals surface area contributed by atoms with Crippen molar-refractivity contribution in [1.82, 2.24) is 5.32 Å². The van der Waals surface area contributed by atoms with Crippen molar-refractivity contribution in [2.24, 2.45) is 0 Å². The summed E-state index contributed by atoms with van der Waals surface area (Å²) in [5.41, 5.74) is 1.79. The van der Waals surface area contributed by atoms with Crippen LogP contribution in [0.25, 0.3) is 6.08 Å². The first-order chi connectivity index (χ1) is 12.6. The van der Waals surface area contributed by atoms with E-state index in [1.54, 1.807) is 6.08 Å².